The van der Waals surface area contributed by atoms with Crippen molar-refractivity contribution < 1.29 is 9.13 Å². The van der Waals surface area contributed by atoms with Gasteiger partial charge in [-0.15, -0.1) is 0 Å². The van der Waals surface area contributed by atoms with Crippen molar-refractivity contribution in [3.05, 3.63) is 57.8 Å². The van der Waals surface area contributed by atoms with Crippen LogP contribution in [0, 0.1) is 17.1 Å². The quantitative estimate of drug-likeness (QED) is 0.937. The molecule has 0 atom stereocenters. The van der Waals surface area contributed by atoms with E-state index < -0.39 is 5.82 Å². The molecule has 0 aliphatic heterocycles. The maximum atomic E-state index is 14.0. The summed E-state index contributed by atoms with van der Waals surface area (Å²) >= 11 is 3.04. The average Bonchev–Trinajstić information content (AvgIpc) is 2.44. The van der Waals surface area contributed by atoms with Crippen LogP contribution in [0.2, 0.25) is 0 Å². The van der Waals surface area contributed by atoms with E-state index in [-0.39, 0.29) is 15.8 Å². The predicted octanol–water partition coefficient (Wildman–Crippen LogP) is 3.71. The maximum absolute atomic E-state index is 14.0. The molecule has 0 saturated carbocycles. The molecule has 0 saturated heterocycles. The molecule has 2 aromatic rings. The van der Waals surface area contributed by atoms with Crippen molar-refractivity contribution >= 4 is 15.9 Å². The highest BCUT2D eigenvalue weighted by molar-refractivity contribution is 9.10. The summed E-state index contributed by atoms with van der Waals surface area (Å²) in [6.45, 7) is 0.386. The fourth-order valence-corrected chi connectivity index (χ4v) is 1.98. The number of nitriles is 1. The third-order valence-corrected chi connectivity index (χ3v) is 3.30. The summed E-state index contributed by atoms with van der Waals surface area (Å²) in [6, 6.07) is 11.9. The molecule has 0 radical (unpaired) electrons. The maximum Gasteiger partial charge on any atom is 0.181 e. The zero-order chi connectivity index (χ0) is 13.8. The lowest BCUT2D eigenvalue weighted by Crippen LogP contribution is -1.97. The summed E-state index contributed by atoms with van der Waals surface area (Å²) in [4.78, 5) is 0. The summed E-state index contributed by atoms with van der Waals surface area (Å²) < 4.78 is 19.5. The molecule has 0 bridgehead atoms. The number of nitrogens with two attached hydrogens (primary N) is 1. The van der Waals surface area contributed by atoms with Gasteiger partial charge < -0.3 is 10.5 Å². The first-order valence-electron chi connectivity index (χ1n) is 5.50. The van der Waals surface area contributed by atoms with Crippen LogP contribution in [0.3, 0.4) is 0 Å². The normalized spacial score (nSPS) is 10.0. The molecular weight excluding hydrogens is 311 g/mol. The molecule has 0 aliphatic rings. The van der Waals surface area contributed by atoms with Gasteiger partial charge >= 0.3 is 0 Å². The number of benzene rings is 2. The number of hydrogen-bond acceptors (Lipinski definition) is 3. The van der Waals surface area contributed by atoms with Crippen molar-refractivity contribution in [3.63, 3.8) is 0 Å². The molecule has 0 fully saturated rings. The highest BCUT2D eigenvalue weighted by atomic mass is 79.9. The van der Waals surface area contributed by atoms with Crippen LogP contribution in [0.4, 0.5) is 4.39 Å². The first-order valence-corrected chi connectivity index (χ1v) is 6.30. The fraction of sp³-hybridized carbons (Fsp3) is 0.0714. The van der Waals surface area contributed by atoms with Gasteiger partial charge in [-0.25, -0.2) is 4.39 Å². The van der Waals surface area contributed by atoms with Gasteiger partial charge in [0.2, 0.25) is 0 Å². The predicted molar refractivity (Wildman–Crippen MR) is 73.2 cm³/mol. The van der Waals surface area contributed by atoms with E-state index in [0.717, 1.165) is 5.56 Å². The van der Waals surface area contributed by atoms with Crippen LogP contribution in [0.25, 0.3) is 0 Å². The van der Waals surface area contributed by atoms with E-state index in [9.17, 15) is 4.39 Å². The van der Waals surface area contributed by atoms with Gasteiger partial charge in [-0.1, -0.05) is 12.1 Å². The van der Waals surface area contributed by atoms with Crippen LogP contribution in [0.5, 0.6) is 11.5 Å². The second-order valence-corrected chi connectivity index (χ2v) is 4.60. The van der Waals surface area contributed by atoms with E-state index in [1.807, 2.05) is 12.1 Å². The van der Waals surface area contributed by atoms with Crippen molar-refractivity contribution in [1.29, 1.82) is 5.26 Å². The monoisotopic (exact) mass is 320 g/mol. The van der Waals surface area contributed by atoms with Gasteiger partial charge in [-0.3, -0.25) is 0 Å². The number of halogens is 2. The van der Waals surface area contributed by atoms with Crippen LogP contribution in [0.15, 0.2) is 40.9 Å². The summed E-state index contributed by atoms with van der Waals surface area (Å²) in [5.74, 6) is -0.0456. The van der Waals surface area contributed by atoms with Crippen molar-refractivity contribution in [2.45, 2.75) is 6.54 Å². The Morgan fingerprint density at radius 2 is 2.11 bits per heavy atom. The van der Waals surface area contributed by atoms with Gasteiger partial charge in [-0.05, 0) is 45.8 Å². The lowest BCUT2D eigenvalue weighted by molar-refractivity contribution is 0.440. The largest absolute Gasteiger partial charge is 0.454 e. The van der Waals surface area contributed by atoms with Crippen molar-refractivity contribution in [1.82, 2.24) is 0 Å². The van der Waals surface area contributed by atoms with Crippen LogP contribution in [0.1, 0.15) is 11.1 Å². The first-order chi connectivity index (χ1) is 9.15. The minimum Gasteiger partial charge on any atom is -0.454 e. The molecule has 0 spiro atoms. The molecule has 0 amide bonds. The molecule has 2 N–H and O–H groups in total. The lowest BCUT2D eigenvalue weighted by atomic mass is 10.2. The number of nitrogens with zero attached hydrogens (tertiary/aromatic N) is 1. The fourth-order valence-electron chi connectivity index (χ4n) is 1.56. The van der Waals surface area contributed by atoms with E-state index in [1.54, 1.807) is 18.2 Å². The molecule has 3 nitrogen and oxygen atoms in total. The van der Waals surface area contributed by atoms with Crippen LogP contribution in [-0.2, 0) is 6.54 Å². The molecule has 19 heavy (non-hydrogen) atoms. The molecule has 0 heterocycles. The Bertz CT molecular complexity index is 652. The molecular formula is C14H10BrFN2O. The van der Waals surface area contributed by atoms with Gasteiger partial charge in [-0.2, -0.15) is 5.26 Å². The zero-order valence-corrected chi connectivity index (χ0v) is 11.4. The highest BCUT2D eigenvalue weighted by Crippen LogP contribution is 2.31. The number of rotatable bonds is 3. The molecule has 2 aromatic carbocycles. The zero-order valence-electron chi connectivity index (χ0n) is 9.86. The first kappa shape index (κ1) is 13.5. The van der Waals surface area contributed by atoms with Crippen molar-refractivity contribution in [2.75, 3.05) is 0 Å². The Kier molecular flexibility index (Phi) is 4.15. The third-order valence-electron chi connectivity index (χ3n) is 2.53. The average molecular weight is 321 g/mol. The SMILES string of the molecule is N#Cc1ccc(Oc2cccc(CN)c2)c(F)c1Br. The van der Waals surface area contributed by atoms with Gasteiger partial charge in [0.15, 0.2) is 11.6 Å². The Morgan fingerprint density at radius 1 is 1.32 bits per heavy atom. The molecule has 2 rings (SSSR count). The topological polar surface area (TPSA) is 59.0 Å². The molecule has 5 heteroatoms. The molecule has 96 valence electrons. The summed E-state index contributed by atoms with van der Waals surface area (Å²) in [7, 11) is 0. The summed E-state index contributed by atoms with van der Waals surface area (Å²) in [5.41, 5.74) is 6.65. The van der Waals surface area contributed by atoms with Crippen LogP contribution in [-0.4, -0.2) is 0 Å². The Labute approximate surface area is 118 Å². The minimum absolute atomic E-state index is 0.0556. The second-order valence-electron chi connectivity index (χ2n) is 3.80. The Balaban J connectivity index is 2.34. The van der Waals surface area contributed by atoms with Gasteiger partial charge in [0.05, 0.1) is 10.0 Å². The minimum atomic E-state index is -0.600. The molecule has 0 unspecified atom stereocenters. The summed E-state index contributed by atoms with van der Waals surface area (Å²) in [5, 5.41) is 8.79. The Hall–Kier alpha value is -1.90. The lowest BCUT2D eigenvalue weighted by Gasteiger charge is -2.09. The van der Waals surface area contributed by atoms with E-state index >= 15 is 0 Å². The van der Waals surface area contributed by atoms with Gasteiger partial charge in [0, 0.05) is 6.54 Å². The van der Waals surface area contributed by atoms with E-state index in [1.165, 1.54) is 12.1 Å². The second kappa shape index (κ2) is 5.83. The van der Waals surface area contributed by atoms with Crippen molar-refractivity contribution in [2.24, 2.45) is 5.73 Å². The van der Waals surface area contributed by atoms with Crippen LogP contribution < -0.4 is 10.5 Å². The van der Waals surface area contributed by atoms with Crippen molar-refractivity contribution in [3.8, 4) is 17.6 Å². The van der Waals surface area contributed by atoms with Gasteiger partial charge in [0.1, 0.15) is 11.8 Å². The van der Waals surface area contributed by atoms with E-state index in [4.69, 9.17) is 15.7 Å². The summed E-state index contributed by atoms with van der Waals surface area (Å²) in [6.07, 6.45) is 0. The standard InChI is InChI=1S/C14H10BrFN2O/c15-13-10(8-18)4-5-12(14(13)16)19-11-3-1-2-9(6-11)7-17/h1-6H,7,17H2. The number of ether oxygens (including phenoxy) is 1. The molecule has 0 aromatic heterocycles. The van der Waals surface area contributed by atoms with Crippen LogP contribution >= 0.6 is 15.9 Å². The van der Waals surface area contributed by atoms with E-state index in [0.29, 0.717) is 12.3 Å². The number of hydrogen-bond donors (Lipinski definition) is 1. The Morgan fingerprint density at radius 3 is 2.79 bits per heavy atom. The van der Waals surface area contributed by atoms with Gasteiger partial charge in [0.25, 0.3) is 0 Å². The smallest absolute Gasteiger partial charge is 0.181 e. The molecule has 0 aliphatic carbocycles. The third kappa shape index (κ3) is 2.92. The van der Waals surface area contributed by atoms with E-state index in [2.05, 4.69) is 15.9 Å². The highest BCUT2D eigenvalue weighted by Gasteiger charge is 2.12.